The first-order valence-corrected chi connectivity index (χ1v) is 6.68. The third-order valence-electron chi connectivity index (χ3n) is 3.79. The highest BCUT2D eigenvalue weighted by Crippen LogP contribution is 2.25. The van der Waals surface area contributed by atoms with E-state index in [4.69, 9.17) is 5.73 Å². The highest BCUT2D eigenvalue weighted by Gasteiger charge is 2.37. The van der Waals surface area contributed by atoms with Gasteiger partial charge in [-0.25, -0.2) is 0 Å². The molecule has 1 aliphatic heterocycles. The Labute approximate surface area is 114 Å². The maximum absolute atomic E-state index is 12.1. The minimum Gasteiger partial charge on any atom is -0.355 e. The van der Waals surface area contributed by atoms with Gasteiger partial charge in [-0.1, -0.05) is 6.07 Å². The number of aromatic nitrogens is 1. The molecule has 0 bridgehead atoms. The molecule has 5 heteroatoms. The number of amides is 1. The highest BCUT2D eigenvalue weighted by molar-refractivity contribution is 5.82. The van der Waals surface area contributed by atoms with Gasteiger partial charge >= 0.3 is 0 Å². The minimum absolute atomic E-state index is 0.0250. The monoisotopic (exact) mass is 262 g/mol. The third kappa shape index (κ3) is 3.11. The average molecular weight is 262 g/mol. The number of hydrogen-bond acceptors (Lipinski definition) is 4. The van der Waals surface area contributed by atoms with E-state index in [2.05, 4.69) is 29.0 Å². The first-order valence-electron chi connectivity index (χ1n) is 6.68. The summed E-state index contributed by atoms with van der Waals surface area (Å²) in [6, 6.07) is 3.66. The van der Waals surface area contributed by atoms with Crippen LogP contribution in [0.15, 0.2) is 24.5 Å². The molecule has 1 aliphatic rings. The molecule has 2 heterocycles. The van der Waals surface area contributed by atoms with Crippen LogP contribution in [0.1, 0.15) is 25.8 Å². The van der Waals surface area contributed by atoms with Gasteiger partial charge in [0.15, 0.2) is 0 Å². The second-order valence-electron chi connectivity index (χ2n) is 5.59. The third-order valence-corrected chi connectivity index (χ3v) is 3.79. The molecule has 1 saturated heterocycles. The van der Waals surface area contributed by atoms with Crippen LogP contribution in [0.4, 0.5) is 0 Å². The molecule has 0 spiro atoms. The number of nitrogens with two attached hydrogens (primary N) is 1. The van der Waals surface area contributed by atoms with Crippen LogP contribution in [0.5, 0.6) is 0 Å². The summed E-state index contributed by atoms with van der Waals surface area (Å²) in [5.41, 5.74) is 6.84. The molecular formula is C14H22N4O. The Bertz CT molecular complexity index is 432. The first kappa shape index (κ1) is 14.0. The van der Waals surface area contributed by atoms with E-state index in [9.17, 15) is 4.79 Å². The van der Waals surface area contributed by atoms with E-state index < -0.39 is 0 Å². The second-order valence-corrected chi connectivity index (χ2v) is 5.59. The number of nitrogens with zero attached hydrogens (tertiary/aromatic N) is 2. The smallest absolute Gasteiger partial charge is 0.238 e. The van der Waals surface area contributed by atoms with Gasteiger partial charge < -0.3 is 11.1 Å². The fraction of sp³-hybridized carbons (Fsp3) is 0.571. The molecule has 1 aromatic rings. The van der Waals surface area contributed by atoms with Gasteiger partial charge in [0.1, 0.15) is 6.04 Å². The molecule has 1 fully saturated rings. The largest absolute Gasteiger partial charge is 0.355 e. The molecule has 5 nitrogen and oxygen atoms in total. The molecule has 0 radical (unpaired) electrons. The Morgan fingerprint density at radius 2 is 2.37 bits per heavy atom. The van der Waals surface area contributed by atoms with Gasteiger partial charge in [-0.05, 0) is 31.9 Å². The topological polar surface area (TPSA) is 71.2 Å². The van der Waals surface area contributed by atoms with Crippen molar-refractivity contribution in [3.8, 4) is 0 Å². The zero-order valence-electron chi connectivity index (χ0n) is 11.6. The standard InChI is InChI=1S/C14H22N4O/c1-14(2)5-7-17-13(19)12(8-15)18(14)10-11-4-3-6-16-9-11/h3-4,6,9,12H,5,7-8,10,15H2,1-2H3,(H,17,19). The summed E-state index contributed by atoms with van der Waals surface area (Å²) in [4.78, 5) is 18.4. The second kappa shape index (κ2) is 5.67. The van der Waals surface area contributed by atoms with E-state index in [-0.39, 0.29) is 17.5 Å². The van der Waals surface area contributed by atoms with E-state index in [0.717, 1.165) is 12.0 Å². The Kier molecular flexibility index (Phi) is 4.17. The van der Waals surface area contributed by atoms with Crippen LogP contribution in [-0.4, -0.2) is 40.5 Å². The zero-order valence-corrected chi connectivity index (χ0v) is 11.6. The van der Waals surface area contributed by atoms with E-state index in [1.54, 1.807) is 6.20 Å². The van der Waals surface area contributed by atoms with Crippen molar-refractivity contribution in [1.29, 1.82) is 0 Å². The van der Waals surface area contributed by atoms with E-state index in [1.165, 1.54) is 0 Å². The number of hydrogen-bond donors (Lipinski definition) is 2. The number of carbonyl (C=O) groups is 1. The lowest BCUT2D eigenvalue weighted by molar-refractivity contribution is -0.126. The summed E-state index contributed by atoms with van der Waals surface area (Å²) in [6.07, 6.45) is 4.51. The maximum atomic E-state index is 12.1. The number of pyridine rings is 1. The fourth-order valence-electron chi connectivity index (χ4n) is 2.56. The van der Waals surface area contributed by atoms with Crippen LogP contribution in [0.3, 0.4) is 0 Å². The molecule has 1 amide bonds. The fourth-order valence-corrected chi connectivity index (χ4v) is 2.56. The van der Waals surface area contributed by atoms with Crippen molar-refractivity contribution in [1.82, 2.24) is 15.2 Å². The number of nitrogens with one attached hydrogen (secondary N) is 1. The summed E-state index contributed by atoms with van der Waals surface area (Å²) in [5.74, 6) is 0.0250. The minimum atomic E-state index is -0.280. The molecule has 0 aromatic carbocycles. The lowest BCUT2D eigenvalue weighted by atomic mass is 9.96. The lowest BCUT2D eigenvalue weighted by Gasteiger charge is -2.40. The molecule has 1 unspecified atom stereocenters. The lowest BCUT2D eigenvalue weighted by Crippen LogP contribution is -2.55. The van der Waals surface area contributed by atoms with Crippen LogP contribution in [-0.2, 0) is 11.3 Å². The summed E-state index contributed by atoms with van der Waals surface area (Å²) in [7, 11) is 0. The van der Waals surface area contributed by atoms with E-state index >= 15 is 0 Å². The Morgan fingerprint density at radius 3 is 3.00 bits per heavy atom. The summed E-state index contributed by atoms with van der Waals surface area (Å²) < 4.78 is 0. The highest BCUT2D eigenvalue weighted by atomic mass is 16.2. The van der Waals surface area contributed by atoms with Crippen molar-refractivity contribution in [2.75, 3.05) is 13.1 Å². The van der Waals surface area contributed by atoms with Crippen LogP contribution >= 0.6 is 0 Å². The average Bonchev–Trinajstić information content (AvgIpc) is 2.48. The summed E-state index contributed by atoms with van der Waals surface area (Å²) in [5, 5.41) is 2.94. The van der Waals surface area contributed by atoms with Gasteiger partial charge in [0.25, 0.3) is 0 Å². The van der Waals surface area contributed by atoms with Gasteiger partial charge in [-0.2, -0.15) is 0 Å². The Hall–Kier alpha value is -1.46. The first-order chi connectivity index (χ1) is 9.04. The molecule has 2 rings (SSSR count). The zero-order chi connectivity index (χ0) is 13.9. The molecule has 104 valence electrons. The van der Waals surface area contributed by atoms with Gasteiger partial charge in [0.05, 0.1) is 0 Å². The van der Waals surface area contributed by atoms with Crippen LogP contribution < -0.4 is 11.1 Å². The summed E-state index contributed by atoms with van der Waals surface area (Å²) in [6.45, 7) is 6.04. The quantitative estimate of drug-likeness (QED) is 0.832. The van der Waals surface area contributed by atoms with Gasteiger partial charge in [-0.3, -0.25) is 14.7 Å². The SMILES string of the molecule is CC1(C)CCNC(=O)C(CN)N1Cc1cccnc1. The van der Waals surface area contributed by atoms with Crippen LogP contribution in [0, 0.1) is 0 Å². The van der Waals surface area contributed by atoms with Crippen molar-refractivity contribution >= 4 is 5.91 Å². The van der Waals surface area contributed by atoms with Crippen molar-refractivity contribution < 1.29 is 4.79 Å². The molecular weight excluding hydrogens is 240 g/mol. The molecule has 19 heavy (non-hydrogen) atoms. The van der Waals surface area contributed by atoms with E-state index in [1.807, 2.05) is 18.3 Å². The van der Waals surface area contributed by atoms with Gasteiger partial charge in [0.2, 0.25) is 5.91 Å². The predicted molar refractivity (Wildman–Crippen MR) is 74.3 cm³/mol. The molecule has 1 aromatic heterocycles. The van der Waals surface area contributed by atoms with Crippen LogP contribution in [0.2, 0.25) is 0 Å². The maximum Gasteiger partial charge on any atom is 0.238 e. The molecule has 1 atom stereocenters. The van der Waals surface area contributed by atoms with Crippen LogP contribution in [0.25, 0.3) is 0 Å². The van der Waals surface area contributed by atoms with Crippen molar-refractivity contribution in [2.24, 2.45) is 5.73 Å². The van der Waals surface area contributed by atoms with Crippen molar-refractivity contribution in [3.05, 3.63) is 30.1 Å². The summed E-state index contributed by atoms with van der Waals surface area (Å²) >= 11 is 0. The molecule has 0 saturated carbocycles. The van der Waals surface area contributed by atoms with Crippen molar-refractivity contribution in [2.45, 2.75) is 38.4 Å². The Balaban J connectivity index is 2.27. The number of rotatable bonds is 3. The Morgan fingerprint density at radius 1 is 1.58 bits per heavy atom. The number of carbonyl (C=O) groups excluding carboxylic acids is 1. The normalized spacial score (nSPS) is 23.7. The molecule has 3 N–H and O–H groups in total. The van der Waals surface area contributed by atoms with Gasteiger partial charge in [0, 0.05) is 37.6 Å². The van der Waals surface area contributed by atoms with E-state index in [0.29, 0.717) is 19.6 Å². The molecule has 0 aliphatic carbocycles. The van der Waals surface area contributed by atoms with Gasteiger partial charge in [-0.15, -0.1) is 0 Å². The van der Waals surface area contributed by atoms with Crippen molar-refractivity contribution in [3.63, 3.8) is 0 Å². The predicted octanol–water partition coefficient (Wildman–Crippen LogP) is 0.509.